The van der Waals surface area contributed by atoms with Crippen LogP contribution in [0.3, 0.4) is 0 Å². The van der Waals surface area contributed by atoms with Crippen molar-refractivity contribution in [2.24, 2.45) is 0 Å². The molecule has 8 heteroatoms. The Kier molecular flexibility index (Phi) is 7.44. The number of hydrogen-bond donors (Lipinski definition) is 0. The molecule has 2 amide bonds. The highest BCUT2D eigenvalue weighted by molar-refractivity contribution is 5.94. The molecule has 2 aliphatic rings. The lowest BCUT2D eigenvalue weighted by atomic mass is 9.95. The number of methoxy groups -OCH3 is 1. The molecule has 0 bridgehead atoms. The van der Waals surface area contributed by atoms with Crippen LogP contribution in [0.5, 0.6) is 11.6 Å². The van der Waals surface area contributed by atoms with Crippen molar-refractivity contribution in [3.05, 3.63) is 54.2 Å². The first-order valence-corrected chi connectivity index (χ1v) is 11.5. The Bertz CT molecular complexity index is 948. The molecule has 1 aromatic heterocycles. The Morgan fingerprint density at radius 2 is 1.85 bits per heavy atom. The summed E-state index contributed by atoms with van der Waals surface area (Å²) in [5.74, 6) is 0.987. The lowest BCUT2D eigenvalue weighted by Crippen LogP contribution is -2.58. The Morgan fingerprint density at radius 3 is 2.61 bits per heavy atom. The molecule has 33 heavy (non-hydrogen) atoms. The van der Waals surface area contributed by atoms with Gasteiger partial charge >= 0.3 is 0 Å². The van der Waals surface area contributed by atoms with E-state index in [1.807, 2.05) is 35.2 Å². The standard InChI is InChI=1S/C25H31N3O5/c1-31-22-16-20(10-11-26-22)24(30)28-14-15-33-25(18-28,19-32-21-8-4-2-5-9-21)17-23(29)27-12-6-3-7-13-27/h2,4-5,8-11,16H,3,6-7,12-15,17-19H2,1H3/t25-/m0/s1. The second-order valence-electron chi connectivity index (χ2n) is 8.57. The maximum absolute atomic E-state index is 13.3. The van der Waals surface area contributed by atoms with Crippen LogP contribution in [0.15, 0.2) is 48.7 Å². The number of ether oxygens (including phenoxy) is 3. The van der Waals surface area contributed by atoms with E-state index < -0.39 is 5.60 Å². The van der Waals surface area contributed by atoms with Crippen LogP contribution in [0.1, 0.15) is 36.0 Å². The molecule has 2 saturated heterocycles. The fourth-order valence-corrected chi connectivity index (χ4v) is 4.36. The van der Waals surface area contributed by atoms with Gasteiger partial charge in [-0.3, -0.25) is 9.59 Å². The molecule has 176 valence electrons. The van der Waals surface area contributed by atoms with E-state index in [0.717, 1.165) is 32.4 Å². The minimum Gasteiger partial charge on any atom is -0.490 e. The van der Waals surface area contributed by atoms with Crippen LogP contribution in [-0.2, 0) is 9.53 Å². The average Bonchev–Trinajstić information content (AvgIpc) is 2.88. The van der Waals surface area contributed by atoms with Crippen molar-refractivity contribution in [1.82, 2.24) is 14.8 Å². The summed E-state index contributed by atoms with van der Waals surface area (Å²) in [5, 5.41) is 0. The van der Waals surface area contributed by atoms with Crippen LogP contribution in [0, 0.1) is 0 Å². The van der Waals surface area contributed by atoms with E-state index in [-0.39, 0.29) is 31.4 Å². The SMILES string of the molecule is COc1cc(C(=O)N2CCO[C@@](COc3ccccc3)(CC(=O)N3CCCCC3)C2)ccn1. The topological polar surface area (TPSA) is 81.2 Å². The maximum Gasteiger partial charge on any atom is 0.254 e. The molecule has 0 spiro atoms. The molecule has 0 radical (unpaired) electrons. The van der Waals surface area contributed by atoms with Crippen molar-refractivity contribution in [2.75, 3.05) is 46.5 Å². The van der Waals surface area contributed by atoms with Gasteiger partial charge < -0.3 is 24.0 Å². The number of morpholine rings is 1. The number of piperidine rings is 1. The van der Waals surface area contributed by atoms with Crippen molar-refractivity contribution in [2.45, 2.75) is 31.3 Å². The summed E-state index contributed by atoms with van der Waals surface area (Å²) >= 11 is 0. The van der Waals surface area contributed by atoms with Gasteiger partial charge in [-0.2, -0.15) is 0 Å². The van der Waals surface area contributed by atoms with Crippen molar-refractivity contribution < 1.29 is 23.8 Å². The summed E-state index contributed by atoms with van der Waals surface area (Å²) in [7, 11) is 1.52. The number of hydrogen-bond acceptors (Lipinski definition) is 6. The molecule has 0 saturated carbocycles. The van der Waals surface area contributed by atoms with Crippen LogP contribution in [0.2, 0.25) is 0 Å². The molecule has 8 nitrogen and oxygen atoms in total. The van der Waals surface area contributed by atoms with E-state index >= 15 is 0 Å². The van der Waals surface area contributed by atoms with Crippen molar-refractivity contribution in [3.8, 4) is 11.6 Å². The summed E-state index contributed by atoms with van der Waals surface area (Å²) < 4.78 is 17.4. The first-order chi connectivity index (χ1) is 16.1. The zero-order chi connectivity index (χ0) is 23.1. The molecule has 2 aromatic rings. The van der Waals surface area contributed by atoms with Gasteiger partial charge in [-0.1, -0.05) is 18.2 Å². The second-order valence-corrected chi connectivity index (χ2v) is 8.57. The third kappa shape index (κ3) is 5.82. The van der Waals surface area contributed by atoms with E-state index in [2.05, 4.69) is 4.98 Å². The highest BCUT2D eigenvalue weighted by Gasteiger charge is 2.42. The van der Waals surface area contributed by atoms with E-state index in [0.29, 0.717) is 30.3 Å². The van der Waals surface area contributed by atoms with Gasteiger partial charge in [0.15, 0.2) is 0 Å². The fraction of sp³-hybridized carbons (Fsp3) is 0.480. The lowest BCUT2D eigenvalue weighted by Gasteiger charge is -2.43. The molecule has 0 unspecified atom stereocenters. The van der Waals surface area contributed by atoms with E-state index in [1.54, 1.807) is 23.2 Å². The molecule has 2 fully saturated rings. The van der Waals surface area contributed by atoms with Crippen LogP contribution in [-0.4, -0.2) is 78.7 Å². The maximum atomic E-state index is 13.3. The van der Waals surface area contributed by atoms with Gasteiger partial charge in [-0.25, -0.2) is 4.98 Å². The van der Waals surface area contributed by atoms with E-state index in [1.165, 1.54) is 7.11 Å². The van der Waals surface area contributed by atoms with Gasteiger partial charge in [0, 0.05) is 37.5 Å². The molecular weight excluding hydrogens is 422 g/mol. The van der Waals surface area contributed by atoms with Crippen LogP contribution in [0.4, 0.5) is 0 Å². The molecule has 0 aliphatic carbocycles. The van der Waals surface area contributed by atoms with Crippen molar-refractivity contribution in [1.29, 1.82) is 0 Å². The number of likely N-dealkylation sites (tertiary alicyclic amines) is 1. The monoisotopic (exact) mass is 453 g/mol. The average molecular weight is 454 g/mol. The van der Waals surface area contributed by atoms with Crippen LogP contribution < -0.4 is 9.47 Å². The van der Waals surface area contributed by atoms with Gasteiger partial charge in [-0.15, -0.1) is 0 Å². The number of para-hydroxylation sites is 1. The number of carbonyl (C=O) groups excluding carboxylic acids is 2. The number of nitrogens with zero attached hydrogens (tertiary/aromatic N) is 3. The summed E-state index contributed by atoms with van der Waals surface area (Å²) in [6.07, 6.45) is 4.92. The molecule has 3 heterocycles. The van der Waals surface area contributed by atoms with Gasteiger partial charge in [0.25, 0.3) is 5.91 Å². The normalized spacial score (nSPS) is 20.9. The number of benzene rings is 1. The van der Waals surface area contributed by atoms with Gasteiger partial charge in [0.1, 0.15) is 18.0 Å². The largest absolute Gasteiger partial charge is 0.490 e. The van der Waals surface area contributed by atoms with Crippen molar-refractivity contribution in [3.63, 3.8) is 0 Å². The number of carbonyl (C=O) groups is 2. The molecule has 1 aromatic carbocycles. The van der Waals surface area contributed by atoms with Crippen molar-refractivity contribution >= 4 is 11.8 Å². The summed E-state index contributed by atoms with van der Waals surface area (Å²) in [6, 6.07) is 12.7. The number of rotatable bonds is 7. The minimum atomic E-state index is -0.921. The quantitative estimate of drug-likeness (QED) is 0.641. The number of pyridine rings is 1. The van der Waals surface area contributed by atoms with E-state index in [9.17, 15) is 9.59 Å². The Labute approximate surface area is 194 Å². The van der Waals surface area contributed by atoms with Crippen LogP contribution in [0.25, 0.3) is 0 Å². The Balaban J connectivity index is 1.53. The first-order valence-electron chi connectivity index (χ1n) is 11.5. The molecule has 1 atom stereocenters. The number of aromatic nitrogens is 1. The third-order valence-corrected chi connectivity index (χ3v) is 6.15. The molecule has 4 rings (SSSR count). The zero-order valence-corrected chi connectivity index (χ0v) is 19.1. The molecule has 2 aliphatic heterocycles. The fourth-order valence-electron chi connectivity index (χ4n) is 4.36. The predicted molar refractivity (Wildman–Crippen MR) is 122 cm³/mol. The first kappa shape index (κ1) is 23.0. The second kappa shape index (κ2) is 10.7. The Hall–Kier alpha value is -3.13. The zero-order valence-electron chi connectivity index (χ0n) is 19.1. The molecular formula is C25H31N3O5. The molecule has 0 N–H and O–H groups in total. The highest BCUT2D eigenvalue weighted by atomic mass is 16.5. The van der Waals surface area contributed by atoms with Gasteiger partial charge in [0.2, 0.25) is 11.8 Å². The number of amides is 2. The smallest absolute Gasteiger partial charge is 0.254 e. The Morgan fingerprint density at radius 1 is 1.06 bits per heavy atom. The predicted octanol–water partition coefficient (Wildman–Crippen LogP) is 2.78. The van der Waals surface area contributed by atoms with Crippen LogP contribution >= 0.6 is 0 Å². The van der Waals surface area contributed by atoms with Gasteiger partial charge in [0.05, 0.1) is 26.7 Å². The van der Waals surface area contributed by atoms with Gasteiger partial charge in [-0.05, 0) is 37.5 Å². The highest BCUT2D eigenvalue weighted by Crippen LogP contribution is 2.27. The summed E-state index contributed by atoms with van der Waals surface area (Å²) in [5.41, 5.74) is -0.431. The summed E-state index contributed by atoms with van der Waals surface area (Å²) in [6.45, 7) is 2.76. The summed E-state index contributed by atoms with van der Waals surface area (Å²) in [4.78, 5) is 34.2. The van der Waals surface area contributed by atoms with E-state index in [4.69, 9.17) is 14.2 Å². The lowest BCUT2D eigenvalue weighted by molar-refractivity contribution is -0.153. The minimum absolute atomic E-state index is 0.0474. The third-order valence-electron chi connectivity index (χ3n) is 6.15.